The zero-order valence-electron chi connectivity index (χ0n) is 20.5. The average Bonchev–Trinajstić information content (AvgIpc) is 3.39. The number of nitriles is 1. The number of carbonyl (C=O) groups excluding carboxylic acids is 2. The molecule has 1 aliphatic rings. The topological polar surface area (TPSA) is 154 Å². The Bertz CT molecular complexity index is 1640. The van der Waals surface area contributed by atoms with E-state index >= 15 is 0 Å². The van der Waals surface area contributed by atoms with Crippen molar-refractivity contribution in [3.8, 4) is 11.9 Å². The fraction of sp³-hybridized carbons (Fsp3) is 0.292. The van der Waals surface area contributed by atoms with Crippen molar-refractivity contribution in [1.82, 2.24) is 20.1 Å². The summed E-state index contributed by atoms with van der Waals surface area (Å²) in [6.45, 7) is 1.51. The summed E-state index contributed by atoms with van der Waals surface area (Å²) in [4.78, 5) is 30.6. The number of carbonyl (C=O) groups is 2. The highest BCUT2D eigenvalue weighted by molar-refractivity contribution is 7.91. The molecule has 1 aromatic carbocycles. The fourth-order valence-electron chi connectivity index (χ4n) is 4.04. The number of nitrogens with one attached hydrogen (secondary N) is 3. The van der Waals surface area contributed by atoms with Crippen LogP contribution < -0.4 is 10.6 Å². The minimum atomic E-state index is -4.88. The van der Waals surface area contributed by atoms with Crippen LogP contribution in [-0.4, -0.2) is 48.3 Å². The van der Waals surface area contributed by atoms with Crippen LogP contribution in [0.4, 0.5) is 18.9 Å². The van der Waals surface area contributed by atoms with Gasteiger partial charge in [0.1, 0.15) is 5.69 Å². The third-order valence-corrected chi connectivity index (χ3v) is 7.30. The molecule has 39 heavy (non-hydrogen) atoms. The van der Waals surface area contributed by atoms with Crippen molar-refractivity contribution in [2.24, 2.45) is 0 Å². The fourth-order valence-corrected chi connectivity index (χ4v) is 5.66. The van der Waals surface area contributed by atoms with Crippen LogP contribution in [0.3, 0.4) is 0 Å². The van der Waals surface area contributed by atoms with E-state index in [-0.39, 0.29) is 39.0 Å². The molecule has 4 rings (SSSR count). The number of hydrogen-bond acceptors (Lipinski definition) is 7. The summed E-state index contributed by atoms with van der Waals surface area (Å²) in [7, 11) is -2.93. The highest BCUT2D eigenvalue weighted by atomic mass is 35.5. The number of amides is 2. The standard InChI is InChI=1S/C24H21ClF3N7O3S/c1-13-8-14(11-29)9-15(21(36)33-23(5-6-23)12-39(2,30)38)19(13)32-22(37)17-10-18(24(26,27)28)34-35(17)20-16(25)4-3-7-31-20/h3-4,7-10,30H,5-6,12H2,1-2H3,(H,32,37)(H,33,36). The van der Waals surface area contributed by atoms with E-state index in [1.807, 2.05) is 6.07 Å². The molecule has 0 radical (unpaired) electrons. The molecule has 0 aliphatic heterocycles. The predicted octanol–water partition coefficient (Wildman–Crippen LogP) is 4.31. The first-order valence-corrected chi connectivity index (χ1v) is 13.8. The molecule has 0 saturated heterocycles. The lowest BCUT2D eigenvalue weighted by Crippen LogP contribution is -2.42. The van der Waals surface area contributed by atoms with Crippen molar-refractivity contribution in [1.29, 1.82) is 10.0 Å². The number of aryl methyl sites for hydroxylation is 1. The molecule has 204 valence electrons. The lowest BCUT2D eigenvalue weighted by atomic mass is 10.0. The molecule has 2 amide bonds. The number of halogens is 4. The summed E-state index contributed by atoms with van der Waals surface area (Å²) >= 11 is 6.10. The van der Waals surface area contributed by atoms with Crippen LogP contribution in [0, 0.1) is 23.0 Å². The van der Waals surface area contributed by atoms with Gasteiger partial charge >= 0.3 is 6.18 Å². The summed E-state index contributed by atoms with van der Waals surface area (Å²) in [6, 6.07) is 7.90. The molecule has 1 aliphatic carbocycles. The molecule has 2 heterocycles. The number of pyridine rings is 1. The quantitative estimate of drug-likeness (QED) is 0.379. The Hall–Kier alpha value is -3.96. The number of benzene rings is 1. The van der Waals surface area contributed by atoms with Crippen LogP contribution in [0.25, 0.3) is 5.82 Å². The Labute approximate surface area is 226 Å². The van der Waals surface area contributed by atoms with Gasteiger partial charge in [-0.1, -0.05) is 11.6 Å². The van der Waals surface area contributed by atoms with Crippen molar-refractivity contribution in [2.75, 3.05) is 17.3 Å². The Morgan fingerprint density at radius 1 is 1.28 bits per heavy atom. The molecule has 0 bridgehead atoms. The van der Waals surface area contributed by atoms with Gasteiger partial charge in [0.2, 0.25) is 0 Å². The molecule has 3 N–H and O–H groups in total. The second kappa shape index (κ2) is 9.97. The first kappa shape index (κ1) is 28.1. The Kier molecular flexibility index (Phi) is 7.18. The van der Waals surface area contributed by atoms with Crippen LogP contribution in [-0.2, 0) is 15.9 Å². The first-order chi connectivity index (χ1) is 18.1. The maximum absolute atomic E-state index is 13.5. The van der Waals surface area contributed by atoms with E-state index in [1.54, 1.807) is 0 Å². The van der Waals surface area contributed by atoms with Crippen LogP contribution in [0.2, 0.25) is 5.02 Å². The van der Waals surface area contributed by atoms with Gasteiger partial charge in [-0.2, -0.15) is 23.5 Å². The molecule has 1 atom stereocenters. The van der Waals surface area contributed by atoms with Crippen LogP contribution in [0.5, 0.6) is 0 Å². The first-order valence-electron chi connectivity index (χ1n) is 11.3. The lowest BCUT2D eigenvalue weighted by molar-refractivity contribution is -0.141. The number of aromatic nitrogens is 3. The van der Waals surface area contributed by atoms with Gasteiger partial charge in [0, 0.05) is 28.2 Å². The molecule has 1 fully saturated rings. The van der Waals surface area contributed by atoms with Gasteiger partial charge in [-0.05, 0) is 49.6 Å². The molecule has 1 unspecified atom stereocenters. The molecular weight excluding hydrogens is 559 g/mol. The summed E-state index contributed by atoms with van der Waals surface area (Å²) in [6.07, 6.45) is -1.37. The lowest BCUT2D eigenvalue weighted by Gasteiger charge is -2.20. The molecule has 2 aromatic heterocycles. The van der Waals surface area contributed by atoms with Crippen molar-refractivity contribution in [3.63, 3.8) is 0 Å². The summed E-state index contributed by atoms with van der Waals surface area (Å²) in [5.74, 6) is -2.05. The SMILES string of the molecule is Cc1cc(C#N)cc(C(=O)NC2(CS(C)(=N)=O)CC2)c1NC(=O)c1cc(C(F)(F)F)nn1-c1ncccc1Cl. The van der Waals surface area contributed by atoms with E-state index in [4.69, 9.17) is 16.4 Å². The van der Waals surface area contributed by atoms with Gasteiger partial charge in [0.05, 0.1) is 39.2 Å². The van der Waals surface area contributed by atoms with Crippen LogP contribution in [0.1, 0.15) is 50.5 Å². The normalized spacial score (nSPS) is 15.6. The summed E-state index contributed by atoms with van der Waals surface area (Å²) in [5, 5.41) is 18.1. The second-order valence-electron chi connectivity index (χ2n) is 9.30. The van der Waals surface area contributed by atoms with Gasteiger partial charge in [-0.3, -0.25) is 18.6 Å². The van der Waals surface area contributed by atoms with Crippen molar-refractivity contribution in [2.45, 2.75) is 31.5 Å². The van der Waals surface area contributed by atoms with E-state index in [2.05, 4.69) is 20.7 Å². The molecule has 1 saturated carbocycles. The minimum absolute atomic E-state index is 0.0520. The third kappa shape index (κ3) is 6.21. The highest BCUT2D eigenvalue weighted by Crippen LogP contribution is 2.38. The van der Waals surface area contributed by atoms with Gasteiger partial charge in [-0.25, -0.2) is 9.67 Å². The smallest absolute Gasteiger partial charge is 0.346 e. The van der Waals surface area contributed by atoms with E-state index in [1.165, 1.54) is 43.6 Å². The average molecular weight is 580 g/mol. The van der Waals surface area contributed by atoms with Gasteiger partial charge in [0.25, 0.3) is 11.8 Å². The number of alkyl halides is 3. The summed E-state index contributed by atoms with van der Waals surface area (Å²) < 4.78 is 61.0. The van der Waals surface area contributed by atoms with Crippen molar-refractivity contribution >= 4 is 38.8 Å². The van der Waals surface area contributed by atoms with Crippen molar-refractivity contribution < 1.29 is 27.0 Å². The zero-order chi connectivity index (χ0) is 28.8. The molecule has 0 spiro atoms. The number of nitrogens with zero attached hydrogens (tertiary/aromatic N) is 4. The minimum Gasteiger partial charge on any atom is -0.346 e. The van der Waals surface area contributed by atoms with Gasteiger partial charge < -0.3 is 10.6 Å². The molecular formula is C24H21ClF3N7O3S. The van der Waals surface area contributed by atoms with Gasteiger partial charge in [-0.15, -0.1) is 0 Å². The Morgan fingerprint density at radius 2 is 1.97 bits per heavy atom. The zero-order valence-corrected chi connectivity index (χ0v) is 22.1. The molecule has 3 aromatic rings. The molecule has 10 nitrogen and oxygen atoms in total. The number of anilines is 1. The highest BCUT2D eigenvalue weighted by Gasteiger charge is 2.46. The van der Waals surface area contributed by atoms with Crippen molar-refractivity contribution in [3.05, 3.63) is 69.6 Å². The Morgan fingerprint density at radius 3 is 2.54 bits per heavy atom. The maximum atomic E-state index is 13.5. The van der Waals surface area contributed by atoms with E-state index in [0.717, 1.165) is 0 Å². The van der Waals surface area contributed by atoms with Crippen LogP contribution in [0.15, 0.2) is 36.5 Å². The van der Waals surface area contributed by atoms with E-state index < -0.39 is 44.6 Å². The largest absolute Gasteiger partial charge is 0.435 e. The Balaban J connectivity index is 1.75. The maximum Gasteiger partial charge on any atom is 0.435 e. The third-order valence-electron chi connectivity index (χ3n) is 5.90. The number of rotatable bonds is 7. The van der Waals surface area contributed by atoms with E-state index in [0.29, 0.717) is 23.6 Å². The van der Waals surface area contributed by atoms with E-state index in [9.17, 15) is 32.2 Å². The second-order valence-corrected chi connectivity index (χ2v) is 12.0. The molecule has 15 heteroatoms. The van der Waals surface area contributed by atoms with Crippen LogP contribution >= 0.6 is 11.6 Å². The predicted molar refractivity (Wildman–Crippen MR) is 136 cm³/mol. The number of hydrogen-bond donors (Lipinski definition) is 3. The van der Waals surface area contributed by atoms with Gasteiger partial charge in [0.15, 0.2) is 11.5 Å². The monoisotopic (exact) mass is 579 g/mol. The summed E-state index contributed by atoms with van der Waals surface area (Å²) in [5.41, 5.74) is -2.58.